The lowest BCUT2D eigenvalue weighted by atomic mass is 9.80. The van der Waals surface area contributed by atoms with E-state index >= 15 is 0 Å². The molecule has 2 aliphatic heterocycles. The van der Waals surface area contributed by atoms with E-state index < -0.39 is 10.9 Å². The van der Waals surface area contributed by atoms with Crippen molar-refractivity contribution in [2.45, 2.75) is 32.9 Å². The van der Waals surface area contributed by atoms with Crippen molar-refractivity contribution in [1.29, 1.82) is 0 Å². The highest BCUT2D eigenvalue weighted by Gasteiger charge is 2.58. The van der Waals surface area contributed by atoms with Crippen LogP contribution in [0.5, 0.6) is 0 Å². The molecular weight excluding hydrogens is 426 g/mol. The lowest BCUT2D eigenvalue weighted by Crippen LogP contribution is -2.60. The van der Waals surface area contributed by atoms with E-state index in [4.69, 9.17) is 4.74 Å². The molecule has 166 valence electrons. The number of nitrogens with zero attached hydrogens (tertiary/aromatic N) is 2. The number of nitro groups is 1. The molecule has 0 bridgehead atoms. The zero-order valence-electron chi connectivity index (χ0n) is 17.1. The smallest absolute Gasteiger partial charge is 0.356 e. The Labute approximate surface area is 182 Å². The molecule has 1 saturated heterocycles. The third-order valence-electron chi connectivity index (χ3n) is 5.36. The van der Waals surface area contributed by atoms with E-state index in [0.717, 1.165) is 0 Å². The van der Waals surface area contributed by atoms with Gasteiger partial charge < -0.3 is 20.1 Å². The molecule has 2 amide bonds. The quantitative estimate of drug-likeness (QED) is 0.190. The number of aliphatic hydroxyl groups is 1. The molecule has 3 atom stereocenters. The molecule has 3 rings (SSSR count). The Balaban J connectivity index is 1.76. The van der Waals surface area contributed by atoms with Gasteiger partial charge in [0.1, 0.15) is 12.3 Å². The van der Waals surface area contributed by atoms with Crippen LogP contribution >= 0.6 is 11.8 Å². The Hall–Kier alpha value is -2.92. The second-order valence-electron chi connectivity index (χ2n) is 7.34. The van der Waals surface area contributed by atoms with E-state index in [9.17, 15) is 29.6 Å². The largest absolute Gasteiger partial charge is 0.456 e. The fourth-order valence-electron chi connectivity index (χ4n) is 3.87. The van der Waals surface area contributed by atoms with Gasteiger partial charge in [0.2, 0.25) is 11.8 Å². The zero-order valence-corrected chi connectivity index (χ0v) is 17.9. The molecule has 0 unspecified atom stereocenters. The first-order valence-electron chi connectivity index (χ1n) is 9.72. The summed E-state index contributed by atoms with van der Waals surface area (Å²) in [7, 11) is 0. The maximum Gasteiger partial charge on any atom is 0.356 e. The average molecular weight is 449 g/mol. The van der Waals surface area contributed by atoms with E-state index in [-0.39, 0.29) is 60.2 Å². The van der Waals surface area contributed by atoms with Crippen LogP contribution in [0.25, 0.3) is 0 Å². The Bertz CT molecular complexity index is 931. The predicted octanol–water partition coefficient (Wildman–Crippen LogP) is 1.54. The van der Waals surface area contributed by atoms with Gasteiger partial charge in [0.05, 0.1) is 22.8 Å². The Morgan fingerprint density at radius 1 is 1.32 bits per heavy atom. The van der Waals surface area contributed by atoms with Gasteiger partial charge in [-0.25, -0.2) is 4.79 Å². The Kier molecular flexibility index (Phi) is 6.96. The first kappa shape index (κ1) is 22.8. The number of esters is 1. The summed E-state index contributed by atoms with van der Waals surface area (Å²) in [6, 6.07) is 5.41. The van der Waals surface area contributed by atoms with Crippen LogP contribution in [-0.2, 0) is 25.7 Å². The van der Waals surface area contributed by atoms with Gasteiger partial charge in [-0.2, -0.15) is 0 Å². The van der Waals surface area contributed by atoms with E-state index in [1.54, 1.807) is 0 Å². The molecule has 1 fully saturated rings. The maximum absolute atomic E-state index is 12.9. The summed E-state index contributed by atoms with van der Waals surface area (Å²) in [5.41, 5.74) is 0.666. The van der Waals surface area contributed by atoms with Crippen LogP contribution in [0.4, 0.5) is 5.69 Å². The Morgan fingerprint density at radius 3 is 2.58 bits per heavy atom. The standard InChI is InChI=1S/C20H23N3O7S/c1-11-16-15(7-8-24)19(26)22(16)17(18(11)31-10-21-12(2)25)20(27)30-9-13-3-5-14(6-4-13)23(28)29/h3-6,11,15-16,24H,7-10H2,1-2H3,(H,21,25)/t11-,15+,16-/m1/s1. The zero-order chi connectivity index (χ0) is 22.7. The van der Waals surface area contributed by atoms with Crippen LogP contribution in [0.2, 0.25) is 0 Å². The predicted molar refractivity (Wildman–Crippen MR) is 111 cm³/mol. The number of carbonyl (C=O) groups excluding carboxylic acids is 3. The SMILES string of the molecule is CC(=O)NCSC1=C(C(=O)OCc2ccc([N+](=O)[O-])cc2)N2C(=O)[C@@H](CCO)[C@H]2[C@H]1C. The van der Waals surface area contributed by atoms with Crippen LogP contribution in [0, 0.1) is 22.0 Å². The van der Waals surface area contributed by atoms with Crippen molar-refractivity contribution in [3.05, 3.63) is 50.5 Å². The number of ether oxygens (including phenoxy) is 1. The number of β-lactam (4-membered cyclic amide) rings is 1. The summed E-state index contributed by atoms with van der Waals surface area (Å²) in [6.45, 7) is 3.06. The van der Waals surface area contributed by atoms with Gasteiger partial charge in [0, 0.05) is 36.5 Å². The van der Waals surface area contributed by atoms with Crippen LogP contribution < -0.4 is 5.32 Å². The van der Waals surface area contributed by atoms with Crippen molar-refractivity contribution >= 4 is 35.2 Å². The second-order valence-corrected chi connectivity index (χ2v) is 8.36. The summed E-state index contributed by atoms with van der Waals surface area (Å²) >= 11 is 1.27. The Morgan fingerprint density at radius 2 is 2.00 bits per heavy atom. The van der Waals surface area contributed by atoms with Crippen LogP contribution in [0.1, 0.15) is 25.8 Å². The second kappa shape index (κ2) is 9.48. The summed E-state index contributed by atoms with van der Waals surface area (Å²) in [6.07, 6.45) is 0.319. The molecule has 0 saturated carbocycles. The molecule has 2 N–H and O–H groups in total. The van der Waals surface area contributed by atoms with Crippen LogP contribution in [0.3, 0.4) is 0 Å². The number of aliphatic hydroxyl groups excluding tert-OH is 1. The van der Waals surface area contributed by atoms with E-state index in [0.29, 0.717) is 16.9 Å². The van der Waals surface area contributed by atoms with Crippen molar-refractivity contribution in [1.82, 2.24) is 10.2 Å². The summed E-state index contributed by atoms with van der Waals surface area (Å²) < 4.78 is 5.40. The molecule has 0 aromatic heterocycles. The molecule has 2 aliphatic rings. The molecule has 0 aliphatic carbocycles. The molecule has 2 heterocycles. The van der Waals surface area contributed by atoms with Gasteiger partial charge in [0.25, 0.3) is 5.69 Å². The molecule has 11 heteroatoms. The minimum absolute atomic E-state index is 0.0667. The number of hydrogen-bond acceptors (Lipinski definition) is 8. The molecule has 1 aromatic rings. The van der Waals surface area contributed by atoms with E-state index in [1.165, 1.54) is 47.9 Å². The molecule has 10 nitrogen and oxygen atoms in total. The van der Waals surface area contributed by atoms with E-state index in [2.05, 4.69) is 5.32 Å². The summed E-state index contributed by atoms with van der Waals surface area (Å²) in [4.78, 5) is 49.1. The van der Waals surface area contributed by atoms with Crippen LogP contribution in [0.15, 0.2) is 34.9 Å². The van der Waals surface area contributed by atoms with Crippen LogP contribution in [-0.4, -0.2) is 51.2 Å². The third kappa shape index (κ3) is 4.57. The number of amides is 2. The first-order valence-corrected chi connectivity index (χ1v) is 10.7. The lowest BCUT2D eigenvalue weighted by Gasteiger charge is -2.45. The van der Waals surface area contributed by atoms with Gasteiger partial charge in [-0.3, -0.25) is 19.7 Å². The van der Waals surface area contributed by atoms with Crippen molar-refractivity contribution in [2.24, 2.45) is 11.8 Å². The maximum atomic E-state index is 12.9. The number of nitro benzene ring substituents is 1. The van der Waals surface area contributed by atoms with Gasteiger partial charge >= 0.3 is 5.97 Å². The highest BCUT2D eigenvalue weighted by Crippen LogP contribution is 2.50. The monoisotopic (exact) mass is 449 g/mol. The minimum Gasteiger partial charge on any atom is -0.456 e. The number of thioether (sulfide) groups is 1. The number of non-ortho nitro benzene ring substituents is 1. The van der Waals surface area contributed by atoms with Crippen molar-refractivity contribution in [3.8, 4) is 0 Å². The summed E-state index contributed by atoms with van der Waals surface area (Å²) in [5, 5.41) is 22.7. The van der Waals surface area contributed by atoms with Crippen molar-refractivity contribution in [3.63, 3.8) is 0 Å². The number of carbonyl (C=O) groups is 3. The summed E-state index contributed by atoms with van der Waals surface area (Å²) in [5.74, 6) is -1.38. The van der Waals surface area contributed by atoms with Crippen molar-refractivity contribution in [2.75, 3.05) is 12.5 Å². The lowest BCUT2D eigenvalue weighted by molar-refractivity contribution is -0.384. The first-order chi connectivity index (χ1) is 14.8. The number of benzene rings is 1. The van der Waals surface area contributed by atoms with Gasteiger partial charge in [-0.05, 0) is 24.1 Å². The highest BCUT2D eigenvalue weighted by molar-refractivity contribution is 8.03. The number of rotatable bonds is 9. The molecule has 31 heavy (non-hydrogen) atoms. The highest BCUT2D eigenvalue weighted by atomic mass is 32.2. The van der Waals surface area contributed by atoms with Crippen molar-refractivity contribution < 1.29 is 29.2 Å². The topological polar surface area (TPSA) is 139 Å². The van der Waals surface area contributed by atoms with Gasteiger partial charge in [-0.1, -0.05) is 6.92 Å². The fourth-order valence-corrected chi connectivity index (χ4v) is 5.02. The molecular formula is C20H23N3O7S. The molecule has 1 aromatic carbocycles. The van der Waals surface area contributed by atoms with Gasteiger partial charge in [-0.15, -0.1) is 11.8 Å². The number of nitrogens with one attached hydrogen (secondary N) is 1. The molecule has 0 radical (unpaired) electrons. The average Bonchev–Trinajstić information content (AvgIpc) is 2.99. The molecule has 0 spiro atoms. The number of fused-ring (bicyclic) bond motifs is 1. The van der Waals surface area contributed by atoms with Gasteiger partial charge in [0.15, 0.2) is 0 Å². The third-order valence-corrected chi connectivity index (χ3v) is 6.53. The minimum atomic E-state index is -0.672. The number of hydrogen-bond donors (Lipinski definition) is 2. The fraction of sp³-hybridized carbons (Fsp3) is 0.450. The normalized spacial score (nSPS) is 22.1. The van der Waals surface area contributed by atoms with E-state index in [1.807, 2.05) is 6.92 Å².